The molecule has 132 valence electrons. The molecule has 0 aliphatic heterocycles. The van der Waals surface area contributed by atoms with Crippen LogP contribution >= 0.6 is 0 Å². The van der Waals surface area contributed by atoms with Crippen LogP contribution in [0.25, 0.3) is 0 Å². The van der Waals surface area contributed by atoms with Crippen LogP contribution in [0.3, 0.4) is 0 Å². The van der Waals surface area contributed by atoms with Gasteiger partial charge in [-0.05, 0) is 17.3 Å². The van der Waals surface area contributed by atoms with Gasteiger partial charge in [-0.25, -0.2) is 0 Å². The monoisotopic (exact) mass is 315 g/mol. The zero-order valence-electron chi connectivity index (χ0n) is 16.2. The van der Waals surface area contributed by atoms with Crippen LogP contribution in [0.5, 0.6) is 0 Å². The van der Waals surface area contributed by atoms with Crippen LogP contribution in [0.4, 0.5) is 0 Å². The fraction of sp³-hybridized carbons (Fsp3) is 0.944. The first kappa shape index (κ1) is 21.4. The van der Waals surface area contributed by atoms with Gasteiger partial charge in [-0.1, -0.05) is 62.3 Å². The largest absolute Gasteiger partial charge is 0.360 e. The maximum Gasteiger partial charge on any atom is 0.231 e. The summed E-state index contributed by atoms with van der Waals surface area (Å²) in [5.41, 5.74) is -0.224. The van der Waals surface area contributed by atoms with E-state index in [1.54, 1.807) is 4.90 Å². The number of carbonyl (C=O) groups excluding carboxylic acids is 1. The first-order valence-electron chi connectivity index (χ1n) is 8.23. The lowest BCUT2D eigenvalue weighted by molar-refractivity contribution is -0.157. The van der Waals surface area contributed by atoms with Gasteiger partial charge in [-0.3, -0.25) is 9.69 Å². The first-order chi connectivity index (χ1) is 9.78. The van der Waals surface area contributed by atoms with Crippen molar-refractivity contribution in [2.45, 2.75) is 68.7 Å². The Labute approximate surface area is 137 Å². The molecule has 0 radical (unpaired) electrons. The molecule has 0 saturated carbocycles. The molecule has 22 heavy (non-hydrogen) atoms. The lowest BCUT2D eigenvalue weighted by Gasteiger charge is -2.32. The van der Waals surface area contributed by atoms with Crippen molar-refractivity contribution in [1.82, 2.24) is 4.90 Å². The summed E-state index contributed by atoms with van der Waals surface area (Å²) in [6.07, 6.45) is 0.793. The van der Waals surface area contributed by atoms with Gasteiger partial charge >= 0.3 is 0 Å². The predicted octanol–water partition coefficient (Wildman–Crippen LogP) is 4.29. The average molecular weight is 315 g/mol. The van der Waals surface area contributed by atoms with Crippen molar-refractivity contribution in [3.05, 3.63) is 0 Å². The molecular weight excluding hydrogens is 278 g/mol. The van der Waals surface area contributed by atoms with Crippen LogP contribution in [0.1, 0.15) is 68.7 Å². The highest BCUT2D eigenvalue weighted by atomic mass is 16.5. The fourth-order valence-electron chi connectivity index (χ4n) is 1.66. The Balaban J connectivity index is 4.66. The normalized spacial score (nSPS) is 13.3. The molecule has 0 atom stereocenters. The molecule has 0 spiro atoms. The smallest absolute Gasteiger partial charge is 0.231 e. The molecule has 0 N–H and O–H groups in total. The van der Waals surface area contributed by atoms with Crippen molar-refractivity contribution in [3.8, 4) is 0 Å². The third kappa shape index (κ3) is 9.42. The Hall–Kier alpha value is -0.610. The third-order valence-electron chi connectivity index (χ3n) is 3.31. The van der Waals surface area contributed by atoms with E-state index in [0.717, 1.165) is 6.42 Å². The molecule has 0 unspecified atom stereocenters. The highest BCUT2D eigenvalue weighted by Gasteiger charge is 2.31. The average Bonchev–Trinajstić information content (AvgIpc) is 2.33. The Morgan fingerprint density at radius 2 is 1.18 bits per heavy atom. The molecular formula is C18H37NO3. The number of hydrogen-bond acceptors (Lipinski definition) is 3. The molecule has 4 heteroatoms. The number of carbonyl (C=O) groups is 1. The summed E-state index contributed by atoms with van der Waals surface area (Å²) >= 11 is 0. The highest BCUT2D eigenvalue weighted by molar-refractivity contribution is 5.81. The van der Waals surface area contributed by atoms with E-state index in [0.29, 0.717) is 13.2 Å². The van der Waals surface area contributed by atoms with Crippen LogP contribution < -0.4 is 0 Å². The predicted molar refractivity (Wildman–Crippen MR) is 91.5 cm³/mol. The lowest BCUT2D eigenvalue weighted by atomic mass is 9.89. The van der Waals surface area contributed by atoms with E-state index in [-0.39, 0.29) is 30.2 Å². The van der Waals surface area contributed by atoms with E-state index >= 15 is 0 Å². The molecule has 0 saturated heterocycles. The summed E-state index contributed by atoms with van der Waals surface area (Å²) < 4.78 is 11.5. The first-order valence-corrected chi connectivity index (χ1v) is 8.23. The van der Waals surface area contributed by atoms with Gasteiger partial charge in [0.25, 0.3) is 0 Å². The summed E-state index contributed by atoms with van der Waals surface area (Å²) in [6, 6.07) is 0. The zero-order chi connectivity index (χ0) is 17.6. The summed E-state index contributed by atoms with van der Waals surface area (Å²) in [5.74, 6) is 0.0813. The van der Waals surface area contributed by atoms with Gasteiger partial charge in [-0.2, -0.15) is 0 Å². The van der Waals surface area contributed by atoms with Crippen LogP contribution in [-0.2, 0) is 14.3 Å². The molecule has 0 aromatic carbocycles. The van der Waals surface area contributed by atoms with E-state index in [2.05, 4.69) is 41.5 Å². The molecule has 0 aliphatic carbocycles. The summed E-state index contributed by atoms with van der Waals surface area (Å²) in [6.45, 7) is 20.5. The van der Waals surface area contributed by atoms with E-state index in [4.69, 9.17) is 9.47 Å². The van der Waals surface area contributed by atoms with Gasteiger partial charge in [0, 0.05) is 5.41 Å². The Kier molecular flexibility index (Phi) is 8.07. The minimum atomic E-state index is -0.393. The number of nitrogens with zero attached hydrogens (tertiary/aromatic N) is 1. The van der Waals surface area contributed by atoms with Crippen molar-refractivity contribution in [2.24, 2.45) is 16.2 Å². The number of ether oxygens (including phenoxy) is 2. The van der Waals surface area contributed by atoms with Gasteiger partial charge in [0.2, 0.25) is 5.91 Å². The van der Waals surface area contributed by atoms with Gasteiger partial charge in [-0.15, -0.1) is 0 Å². The lowest BCUT2D eigenvalue weighted by Crippen LogP contribution is -2.44. The van der Waals surface area contributed by atoms with Crippen molar-refractivity contribution in [2.75, 3.05) is 26.7 Å². The van der Waals surface area contributed by atoms with Gasteiger partial charge in [0.15, 0.2) is 0 Å². The molecule has 0 fully saturated rings. The maximum atomic E-state index is 12.7. The van der Waals surface area contributed by atoms with Crippen molar-refractivity contribution in [3.63, 3.8) is 0 Å². The Bertz CT molecular complexity index is 317. The second-order valence-corrected chi connectivity index (χ2v) is 9.16. The summed E-state index contributed by atoms with van der Waals surface area (Å²) in [7, 11) is 0. The Morgan fingerprint density at radius 3 is 1.45 bits per heavy atom. The van der Waals surface area contributed by atoms with Crippen LogP contribution in [0, 0.1) is 16.2 Å². The van der Waals surface area contributed by atoms with Gasteiger partial charge in [0.1, 0.15) is 13.5 Å². The zero-order valence-corrected chi connectivity index (χ0v) is 16.2. The second-order valence-electron chi connectivity index (χ2n) is 9.16. The van der Waals surface area contributed by atoms with Crippen molar-refractivity contribution < 1.29 is 14.3 Å². The van der Waals surface area contributed by atoms with E-state index < -0.39 is 5.41 Å². The van der Waals surface area contributed by atoms with Gasteiger partial charge in [0.05, 0.1) is 13.2 Å². The fourth-order valence-corrected chi connectivity index (χ4v) is 1.66. The SMILES string of the molecule is CCC(C)(C)C(=O)N(COCC(C)(C)C)COCC(C)(C)C. The number of hydrogen-bond donors (Lipinski definition) is 0. The van der Waals surface area contributed by atoms with Crippen LogP contribution in [0.2, 0.25) is 0 Å². The molecule has 0 heterocycles. The second kappa shape index (κ2) is 8.30. The molecule has 0 rings (SSSR count). The number of rotatable bonds is 8. The standard InChI is InChI=1S/C18H37NO3/c1-10-18(8,9)15(20)19(13-21-11-16(2,3)4)14-22-12-17(5,6)7/h10-14H2,1-9H3. The Morgan fingerprint density at radius 1 is 0.818 bits per heavy atom. The van der Waals surface area contributed by atoms with E-state index in [9.17, 15) is 4.79 Å². The molecule has 0 bridgehead atoms. The quantitative estimate of drug-likeness (QED) is 0.627. The van der Waals surface area contributed by atoms with Gasteiger partial charge < -0.3 is 9.47 Å². The minimum Gasteiger partial charge on any atom is -0.360 e. The topological polar surface area (TPSA) is 38.8 Å². The molecule has 4 nitrogen and oxygen atoms in total. The molecule has 1 amide bonds. The van der Waals surface area contributed by atoms with Crippen molar-refractivity contribution >= 4 is 5.91 Å². The summed E-state index contributed by atoms with van der Waals surface area (Å²) in [5, 5.41) is 0. The van der Waals surface area contributed by atoms with Crippen LogP contribution in [0.15, 0.2) is 0 Å². The molecule has 0 aromatic rings. The minimum absolute atomic E-state index is 0.0813. The van der Waals surface area contributed by atoms with Crippen LogP contribution in [-0.4, -0.2) is 37.5 Å². The third-order valence-corrected chi connectivity index (χ3v) is 3.31. The summed E-state index contributed by atoms with van der Waals surface area (Å²) in [4.78, 5) is 14.4. The highest BCUT2D eigenvalue weighted by Crippen LogP contribution is 2.24. The van der Waals surface area contributed by atoms with E-state index in [1.807, 2.05) is 20.8 Å². The van der Waals surface area contributed by atoms with Crippen molar-refractivity contribution in [1.29, 1.82) is 0 Å². The maximum absolute atomic E-state index is 12.7. The molecule has 0 aliphatic rings. The molecule has 0 aromatic heterocycles. The van der Waals surface area contributed by atoms with E-state index in [1.165, 1.54) is 0 Å². The number of amides is 1.